The van der Waals surface area contributed by atoms with E-state index < -0.39 is 0 Å². The minimum absolute atomic E-state index is 1.07. The molecule has 0 saturated carbocycles. The summed E-state index contributed by atoms with van der Waals surface area (Å²) in [7, 11) is 0. The second-order valence-corrected chi connectivity index (χ2v) is 5.08. The molecule has 110 valence electrons. The molecule has 0 saturated heterocycles. The van der Waals surface area contributed by atoms with Crippen molar-refractivity contribution in [3.05, 3.63) is 75.7 Å². The van der Waals surface area contributed by atoms with Gasteiger partial charge >= 0.3 is 0 Å². The Kier molecular flexibility index (Phi) is 6.68. The van der Waals surface area contributed by atoms with E-state index in [1.54, 1.807) is 0 Å². The SMILES string of the molecule is C=c1ccc(C)c/c1=C/C=C(\C)c1ccc(C)cc1.CC. The average molecular weight is 278 g/mol. The van der Waals surface area contributed by atoms with Crippen molar-refractivity contribution in [2.45, 2.75) is 34.6 Å². The molecule has 2 aromatic rings. The zero-order chi connectivity index (χ0) is 15.8. The van der Waals surface area contributed by atoms with Crippen LogP contribution in [0.5, 0.6) is 0 Å². The molecular weight excluding hydrogens is 252 g/mol. The van der Waals surface area contributed by atoms with Crippen LogP contribution in [0.4, 0.5) is 0 Å². The van der Waals surface area contributed by atoms with Crippen LogP contribution < -0.4 is 10.4 Å². The molecule has 0 nitrogen and oxygen atoms in total. The molecule has 0 unspecified atom stereocenters. The molecular formula is C21H26. The summed E-state index contributed by atoms with van der Waals surface area (Å²) in [5.74, 6) is 0. The number of rotatable bonds is 2. The Morgan fingerprint density at radius 3 is 2.10 bits per heavy atom. The summed E-state index contributed by atoms with van der Waals surface area (Å²) in [5, 5.41) is 2.25. The largest absolute Gasteiger partial charge is 0.0912 e. The normalized spacial score (nSPS) is 11.9. The van der Waals surface area contributed by atoms with Gasteiger partial charge in [0.25, 0.3) is 0 Å². The van der Waals surface area contributed by atoms with Gasteiger partial charge in [0.05, 0.1) is 0 Å². The summed E-state index contributed by atoms with van der Waals surface area (Å²) in [5.41, 5.74) is 5.08. The second kappa shape index (κ2) is 8.26. The third-order valence-corrected chi connectivity index (χ3v) is 3.32. The predicted octanol–water partition coefficient (Wildman–Crippen LogP) is 4.62. The molecule has 0 N–H and O–H groups in total. The summed E-state index contributed by atoms with van der Waals surface area (Å²) >= 11 is 0. The Labute approximate surface area is 129 Å². The Balaban J connectivity index is 0.00000106. The van der Waals surface area contributed by atoms with Gasteiger partial charge in [-0.05, 0) is 42.3 Å². The average Bonchev–Trinajstić information content (AvgIpc) is 2.50. The minimum atomic E-state index is 1.07. The fourth-order valence-electron chi connectivity index (χ4n) is 2.00. The van der Waals surface area contributed by atoms with Crippen LogP contribution in [-0.2, 0) is 0 Å². The van der Waals surface area contributed by atoms with Gasteiger partial charge in [-0.2, -0.15) is 0 Å². The lowest BCUT2D eigenvalue weighted by Gasteiger charge is -2.01. The summed E-state index contributed by atoms with van der Waals surface area (Å²) in [6.45, 7) is 14.4. The minimum Gasteiger partial charge on any atom is -0.0912 e. The first-order valence-electron chi connectivity index (χ1n) is 7.57. The van der Waals surface area contributed by atoms with Gasteiger partial charge in [-0.15, -0.1) is 0 Å². The monoisotopic (exact) mass is 278 g/mol. The van der Waals surface area contributed by atoms with Gasteiger partial charge in [0.2, 0.25) is 0 Å². The van der Waals surface area contributed by atoms with Crippen LogP contribution in [0, 0.1) is 13.8 Å². The number of allylic oxidation sites excluding steroid dienone is 2. The summed E-state index contributed by atoms with van der Waals surface area (Å²) in [4.78, 5) is 0. The standard InChI is InChI=1S/C19H20.C2H6/c1-14-6-10-18(11-7-14)16(3)9-12-19-13-15(2)5-8-17(19)4;1-2/h5-13H,4H2,1-3H3;1-2H3/b16-9+,19-12-;. The van der Waals surface area contributed by atoms with Gasteiger partial charge in [-0.25, -0.2) is 0 Å². The van der Waals surface area contributed by atoms with Crippen molar-refractivity contribution in [3.63, 3.8) is 0 Å². The zero-order valence-corrected chi connectivity index (χ0v) is 13.9. The highest BCUT2D eigenvalue weighted by Gasteiger charge is 1.93. The van der Waals surface area contributed by atoms with Gasteiger partial charge < -0.3 is 0 Å². The molecule has 0 heterocycles. The molecule has 2 aromatic carbocycles. The lowest BCUT2D eigenvalue weighted by Crippen LogP contribution is -2.22. The molecule has 0 aliphatic heterocycles. The summed E-state index contributed by atoms with van der Waals surface area (Å²) in [6, 6.07) is 14.9. The quantitative estimate of drug-likeness (QED) is 0.751. The molecule has 0 aromatic heterocycles. The molecule has 0 amide bonds. The second-order valence-electron chi connectivity index (χ2n) is 5.08. The van der Waals surface area contributed by atoms with Crippen LogP contribution in [0.25, 0.3) is 18.2 Å². The van der Waals surface area contributed by atoms with E-state index in [1.807, 2.05) is 13.8 Å². The van der Waals surface area contributed by atoms with Gasteiger partial charge in [0, 0.05) is 0 Å². The molecule has 0 spiro atoms. The molecule has 0 fully saturated rings. The first kappa shape index (κ1) is 17.0. The third kappa shape index (κ3) is 5.07. The molecule has 0 aliphatic carbocycles. The molecule has 0 bridgehead atoms. The maximum Gasteiger partial charge on any atom is -0.0187 e. The smallest absolute Gasteiger partial charge is 0.0187 e. The lowest BCUT2D eigenvalue weighted by molar-refractivity contribution is 1.41. The van der Waals surface area contributed by atoms with E-state index in [4.69, 9.17) is 0 Å². The van der Waals surface area contributed by atoms with Gasteiger partial charge in [0.15, 0.2) is 0 Å². The summed E-state index contributed by atoms with van der Waals surface area (Å²) < 4.78 is 0. The van der Waals surface area contributed by atoms with E-state index in [1.165, 1.54) is 27.5 Å². The van der Waals surface area contributed by atoms with E-state index in [0.29, 0.717) is 0 Å². The van der Waals surface area contributed by atoms with Crippen molar-refractivity contribution >= 4 is 18.2 Å². The first-order chi connectivity index (χ1) is 10.1. The van der Waals surface area contributed by atoms with Crippen LogP contribution >= 0.6 is 0 Å². The van der Waals surface area contributed by atoms with E-state index in [2.05, 4.69) is 82.0 Å². The van der Waals surface area contributed by atoms with Gasteiger partial charge in [-0.3, -0.25) is 0 Å². The Morgan fingerprint density at radius 1 is 0.905 bits per heavy atom. The number of hydrogen-bond donors (Lipinski definition) is 0. The predicted molar refractivity (Wildman–Crippen MR) is 96.6 cm³/mol. The van der Waals surface area contributed by atoms with Crippen molar-refractivity contribution in [3.8, 4) is 0 Å². The van der Waals surface area contributed by atoms with Crippen molar-refractivity contribution in [2.24, 2.45) is 0 Å². The number of benzene rings is 2. The van der Waals surface area contributed by atoms with Crippen LogP contribution in [0.1, 0.15) is 37.5 Å². The molecule has 0 radical (unpaired) electrons. The van der Waals surface area contributed by atoms with Gasteiger partial charge in [0.1, 0.15) is 0 Å². The highest BCUT2D eigenvalue weighted by Crippen LogP contribution is 2.14. The van der Waals surface area contributed by atoms with Crippen molar-refractivity contribution in [1.29, 1.82) is 0 Å². The molecule has 0 atom stereocenters. The topological polar surface area (TPSA) is 0 Å². The van der Waals surface area contributed by atoms with Crippen molar-refractivity contribution in [1.82, 2.24) is 0 Å². The highest BCUT2D eigenvalue weighted by atomic mass is 14.0. The molecule has 0 aliphatic rings. The van der Waals surface area contributed by atoms with Crippen LogP contribution in [0.15, 0.2) is 48.5 Å². The first-order valence-corrected chi connectivity index (χ1v) is 7.57. The van der Waals surface area contributed by atoms with E-state index in [9.17, 15) is 0 Å². The summed E-state index contributed by atoms with van der Waals surface area (Å²) in [6.07, 6.45) is 4.30. The lowest BCUT2D eigenvalue weighted by atomic mass is 10.0. The molecule has 2 rings (SSSR count). The zero-order valence-electron chi connectivity index (χ0n) is 13.9. The van der Waals surface area contributed by atoms with E-state index >= 15 is 0 Å². The molecule has 21 heavy (non-hydrogen) atoms. The fourth-order valence-corrected chi connectivity index (χ4v) is 2.00. The van der Waals surface area contributed by atoms with E-state index in [-0.39, 0.29) is 0 Å². The maximum atomic E-state index is 4.06. The highest BCUT2D eigenvalue weighted by molar-refractivity contribution is 5.69. The number of aryl methyl sites for hydroxylation is 2. The van der Waals surface area contributed by atoms with Crippen LogP contribution in [-0.4, -0.2) is 0 Å². The van der Waals surface area contributed by atoms with Gasteiger partial charge in [-0.1, -0.05) is 86.2 Å². The maximum absolute atomic E-state index is 4.06. The Hall–Kier alpha value is -2.08. The Morgan fingerprint density at radius 2 is 1.48 bits per heavy atom. The Bertz CT molecular complexity index is 701. The van der Waals surface area contributed by atoms with Crippen LogP contribution in [0.2, 0.25) is 0 Å². The van der Waals surface area contributed by atoms with Crippen molar-refractivity contribution in [2.75, 3.05) is 0 Å². The van der Waals surface area contributed by atoms with Crippen molar-refractivity contribution < 1.29 is 0 Å². The molecule has 0 heteroatoms. The third-order valence-electron chi connectivity index (χ3n) is 3.32. The van der Waals surface area contributed by atoms with Crippen LogP contribution in [0.3, 0.4) is 0 Å². The van der Waals surface area contributed by atoms with E-state index in [0.717, 1.165) is 5.22 Å². The number of hydrogen-bond acceptors (Lipinski definition) is 0. The fraction of sp³-hybridized carbons (Fsp3) is 0.238.